The highest BCUT2D eigenvalue weighted by atomic mass is 32.2. The number of unbranched alkanes of at least 4 members (excludes halogenated alkanes) is 1. The number of hydrogen-bond acceptors (Lipinski definition) is 3. The molecular weight excluding hydrogens is 415 g/mol. The Morgan fingerprint density at radius 3 is 2.33 bits per heavy atom. The van der Waals surface area contributed by atoms with E-state index in [2.05, 4.69) is 16.7 Å². The van der Waals surface area contributed by atoms with Gasteiger partial charge in [-0.05, 0) is 49.1 Å². The van der Waals surface area contributed by atoms with Crippen LogP contribution in [0.15, 0.2) is 59.5 Å². The second-order valence-corrected chi connectivity index (χ2v) is 8.65. The average Bonchev–Trinajstić information content (AvgIpc) is 3.10. The van der Waals surface area contributed by atoms with Crippen LogP contribution in [0.5, 0.6) is 0 Å². The van der Waals surface area contributed by atoms with E-state index >= 15 is 0 Å². The molecule has 9 heteroatoms. The largest absolute Gasteiger partial charge is 0.435 e. The van der Waals surface area contributed by atoms with Gasteiger partial charge in [-0.2, -0.15) is 18.3 Å². The number of halogens is 3. The van der Waals surface area contributed by atoms with Gasteiger partial charge < -0.3 is 0 Å². The summed E-state index contributed by atoms with van der Waals surface area (Å²) in [4.78, 5) is -0.0335. The first-order valence-corrected chi connectivity index (χ1v) is 10.9. The van der Waals surface area contributed by atoms with Crippen molar-refractivity contribution in [3.8, 4) is 5.69 Å². The van der Waals surface area contributed by atoms with Crippen LogP contribution in [0.25, 0.3) is 5.69 Å². The van der Waals surface area contributed by atoms with E-state index in [1.165, 1.54) is 12.1 Å². The first-order chi connectivity index (χ1) is 14.1. The van der Waals surface area contributed by atoms with Gasteiger partial charge in [0.15, 0.2) is 5.69 Å². The van der Waals surface area contributed by atoms with Crippen LogP contribution in [0, 0.1) is 6.92 Å². The zero-order chi connectivity index (χ0) is 21.9. The molecule has 160 valence electrons. The van der Waals surface area contributed by atoms with Gasteiger partial charge in [-0.3, -0.25) is 4.72 Å². The van der Waals surface area contributed by atoms with Crippen molar-refractivity contribution < 1.29 is 21.6 Å². The zero-order valence-electron chi connectivity index (χ0n) is 16.6. The average molecular weight is 437 g/mol. The molecule has 0 atom stereocenters. The van der Waals surface area contributed by atoms with Gasteiger partial charge in [0.2, 0.25) is 0 Å². The highest BCUT2D eigenvalue weighted by Gasteiger charge is 2.36. The molecule has 0 amide bonds. The van der Waals surface area contributed by atoms with Crippen molar-refractivity contribution in [1.82, 2.24) is 9.78 Å². The molecule has 0 unspecified atom stereocenters. The smallest absolute Gasteiger partial charge is 0.263 e. The summed E-state index contributed by atoms with van der Waals surface area (Å²) in [5.41, 5.74) is 0.814. The number of hydrogen-bond donors (Lipinski definition) is 1. The summed E-state index contributed by atoms with van der Waals surface area (Å²) in [6.07, 6.45) is -1.87. The van der Waals surface area contributed by atoms with Gasteiger partial charge in [0, 0.05) is 6.07 Å². The van der Waals surface area contributed by atoms with Crippen LogP contribution >= 0.6 is 0 Å². The Labute approximate surface area is 173 Å². The molecule has 3 rings (SSSR count). The molecule has 0 saturated heterocycles. The Bertz CT molecular complexity index is 1120. The lowest BCUT2D eigenvalue weighted by Crippen LogP contribution is -2.16. The molecule has 30 heavy (non-hydrogen) atoms. The van der Waals surface area contributed by atoms with Gasteiger partial charge in [0.25, 0.3) is 10.0 Å². The van der Waals surface area contributed by atoms with Crippen molar-refractivity contribution in [1.29, 1.82) is 0 Å². The fraction of sp³-hybridized carbons (Fsp3) is 0.286. The first kappa shape index (κ1) is 21.9. The normalized spacial score (nSPS) is 12.2. The Morgan fingerprint density at radius 2 is 1.73 bits per heavy atom. The molecular formula is C21H22F3N3O2S. The van der Waals surface area contributed by atoms with Crippen LogP contribution < -0.4 is 4.72 Å². The van der Waals surface area contributed by atoms with Gasteiger partial charge in [-0.25, -0.2) is 13.1 Å². The maximum absolute atomic E-state index is 13.2. The zero-order valence-corrected chi connectivity index (χ0v) is 17.4. The molecule has 3 aromatic rings. The third-order valence-corrected chi connectivity index (χ3v) is 6.01. The highest BCUT2D eigenvalue weighted by molar-refractivity contribution is 7.92. The number of sulfonamides is 1. The van der Waals surface area contributed by atoms with Crippen LogP contribution in [-0.4, -0.2) is 18.2 Å². The minimum atomic E-state index is -4.71. The van der Waals surface area contributed by atoms with E-state index in [1.54, 1.807) is 43.3 Å². The summed E-state index contributed by atoms with van der Waals surface area (Å²) in [5, 5.41) is 3.60. The first-order valence-electron chi connectivity index (χ1n) is 9.47. The summed E-state index contributed by atoms with van der Waals surface area (Å²) in [7, 11) is -4.10. The van der Waals surface area contributed by atoms with E-state index in [-0.39, 0.29) is 10.7 Å². The summed E-state index contributed by atoms with van der Waals surface area (Å²) in [5.74, 6) is -0.285. The van der Waals surface area contributed by atoms with E-state index in [0.717, 1.165) is 29.5 Å². The maximum Gasteiger partial charge on any atom is 0.435 e. The number of alkyl halides is 3. The number of benzene rings is 2. The molecule has 2 aromatic carbocycles. The van der Waals surface area contributed by atoms with E-state index in [4.69, 9.17) is 0 Å². The van der Waals surface area contributed by atoms with Crippen molar-refractivity contribution in [3.05, 3.63) is 71.4 Å². The minimum Gasteiger partial charge on any atom is -0.263 e. The Balaban J connectivity index is 1.98. The van der Waals surface area contributed by atoms with Crippen molar-refractivity contribution >= 4 is 15.8 Å². The molecule has 0 radical (unpaired) electrons. The van der Waals surface area contributed by atoms with Crippen LogP contribution in [-0.2, 0) is 22.6 Å². The lowest BCUT2D eigenvalue weighted by molar-refractivity contribution is -0.141. The topological polar surface area (TPSA) is 64.0 Å². The molecule has 1 heterocycles. The number of anilines is 1. The maximum atomic E-state index is 13.2. The Morgan fingerprint density at radius 1 is 1.07 bits per heavy atom. The number of rotatable bonds is 7. The van der Waals surface area contributed by atoms with E-state index in [0.29, 0.717) is 17.3 Å². The molecule has 0 aliphatic heterocycles. The molecule has 0 aliphatic carbocycles. The minimum absolute atomic E-state index is 0.0335. The molecule has 1 N–H and O–H groups in total. The number of aryl methyl sites for hydroxylation is 2. The fourth-order valence-corrected chi connectivity index (χ4v) is 4.02. The Hall–Kier alpha value is -2.81. The summed E-state index contributed by atoms with van der Waals surface area (Å²) >= 11 is 0. The van der Waals surface area contributed by atoms with Gasteiger partial charge in [-0.1, -0.05) is 43.7 Å². The molecule has 0 bridgehead atoms. The van der Waals surface area contributed by atoms with Gasteiger partial charge in [0.05, 0.1) is 10.6 Å². The third kappa shape index (κ3) is 4.84. The van der Waals surface area contributed by atoms with E-state index in [9.17, 15) is 21.6 Å². The van der Waals surface area contributed by atoms with E-state index < -0.39 is 21.9 Å². The highest BCUT2D eigenvalue weighted by Crippen LogP contribution is 2.32. The van der Waals surface area contributed by atoms with Gasteiger partial charge in [0.1, 0.15) is 5.82 Å². The number of nitrogens with zero attached hydrogens (tertiary/aromatic N) is 2. The number of nitrogens with one attached hydrogen (secondary N) is 1. The molecule has 1 aromatic heterocycles. The predicted octanol–water partition coefficient (Wildman–Crippen LogP) is 5.34. The second kappa shape index (κ2) is 8.51. The van der Waals surface area contributed by atoms with Crippen molar-refractivity contribution in [2.75, 3.05) is 4.72 Å². The monoisotopic (exact) mass is 437 g/mol. The van der Waals surface area contributed by atoms with Crippen LogP contribution in [0.3, 0.4) is 0 Å². The second-order valence-electron chi connectivity index (χ2n) is 6.96. The quantitative estimate of drug-likeness (QED) is 0.542. The van der Waals surface area contributed by atoms with Crippen LogP contribution in [0.4, 0.5) is 19.0 Å². The fourth-order valence-electron chi connectivity index (χ4n) is 2.99. The number of para-hydroxylation sites is 1. The molecule has 0 spiro atoms. The SMILES string of the molecule is CCCCc1ccc(S(=O)(=O)Nc2cc(C(F)(F)F)nn2-c2ccccc2C)cc1. The van der Waals surface area contributed by atoms with Crippen LogP contribution in [0.2, 0.25) is 0 Å². The Kier molecular flexibility index (Phi) is 6.21. The predicted molar refractivity (Wildman–Crippen MR) is 109 cm³/mol. The number of aromatic nitrogens is 2. The summed E-state index contributed by atoms with van der Waals surface area (Å²) < 4.78 is 68.6. The standard InChI is InChI=1S/C21H22F3N3O2S/c1-3-4-8-16-10-12-17(13-11-16)30(28,29)26-20-14-19(21(22,23)24)25-27(20)18-9-6-5-7-15(18)2/h5-7,9-14,26H,3-4,8H2,1-2H3. The summed E-state index contributed by atoms with van der Waals surface area (Å²) in [6, 6.07) is 13.7. The third-order valence-electron chi connectivity index (χ3n) is 4.64. The van der Waals surface area contributed by atoms with Crippen molar-refractivity contribution in [2.24, 2.45) is 0 Å². The lowest BCUT2D eigenvalue weighted by Gasteiger charge is -2.12. The van der Waals surface area contributed by atoms with Gasteiger partial charge in [-0.15, -0.1) is 0 Å². The molecule has 0 aliphatic rings. The van der Waals surface area contributed by atoms with E-state index in [1.807, 2.05) is 0 Å². The van der Waals surface area contributed by atoms with Crippen molar-refractivity contribution in [2.45, 2.75) is 44.2 Å². The molecule has 0 fully saturated rings. The van der Waals surface area contributed by atoms with Crippen molar-refractivity contribution in [3.63, 3.8) is 0 Å². The summed E-state index contributed by atoms with van der Waals surface area (Å²) in [6.45, 7) is 3.77. The lowest BCUT2D eigenvalue weighted by atomic mass is 10.1. The molecule has 5 nitrogen and oxygen atoms in total. The van der Waals surface area contributed by atoms with Gasteiger partial charge >= 0.3 is 6.18 Å². The molecule has 0 saturated carbocycles. The van der Waals surface area contributed by atoms with Crippen LogP contribution in [0.1, 0.15) is 36.6 Å².